The lowest BCUT2D eigenvalue weighted by Crippen LogP contribution is -2.21. The zero-order chi connectivity index (χ0) is 16.8. The van der Waals surface area contributed by atoms with Crippen molar-refractivity contribution in [1.82, 2.24) is 5.32 Å². The molecule has 6 heteroatoms. The van der Waals surface area contributed by atoms with Crippen molar-refractivity contribution < 1.29 is 19.0 Å². The number of aryl methyl sites for hydroxylation is 1. The average molecular weight is 356 g/mol. The summed E-state index contributed by atoms with van der Waals surface area (Å²) in [6.45, 7) is 2.64. The summed E-state index contributed by atoms with van der Waals surface area (Å²) in [6, 6.07) is 10.2. The second-order valence-electron chi connectivity index (χ2n) is 5.39. The Morgan fingerprint density at radius 1 is 1.12 bits per heavy atom. The van der Waals surface area contributed by atoms with Crippen molar-refractivity contribution in [3.8, 4) is 11.5 Å². The van der Waals surface area contributed by atoms with E-state index in [4.69, 9.17) is 9.47 Å². The van der Waals surface area contributed by atoms with E-state index in [2.05, 4.69) is 5.32 Å². The maximum Gasteiger partial charge on any atom is 0.124 e. The van der Waals surface area contributed by atoms with E-state index in [1.54, 1.807) is 32.4 Å². The highest BCUT2D eigenvalue weighted by atomic mass is 35.5. The second kappa shape index (κ2) is 9.47. The van der Waals surface area contributed by atoms with Gasteiger partial charge in [0.05, 0.1) is 20.3 Å². The standard InChI is InChI=1S/C18H22FNO3.ClH/c1-12-6-13(8-14(19)7-12)10-20-11-17(21)16-9-15(22-2)4-5-18(16)23-3;/h4-9,17,20-21H,10-11H2,1-3H3;1H/t17-;/m1./s1. The van der Waals surface area contributed by atoms with Crippen LogP contribution in [0.1, 0.15) is 22.8 Å². The molecule has 0 aliphatic heterocycles. The van der Waals surface area contributed by atoms with E-state index < -0.39 is 6.10 Å². The molecule has 2 aromatic carbocycles. The highest BCUT2D eigenvalue weighted by Crippen LogP contribution is 2.29. The first-order chi connectivity index (χ1) is 11.0. The van der Waals surface area contributed by atoms with Gasteiger partial charge in [-0.3, -0.25) is 0 Å². The molecule has 0 spiro atoms. The Balaban J connectivity index is 0.00000288. The molecule has 0 saturated heterocycles. The number of ether oxygens (including phenoxy) is 2. The lowest BCUT2D eigenvalue weighted by Gasteiger charge is -2.16. The van der Waals surface area contributed by atoms with Crippen molar-refractivity contribution in [1.29, 1.82) is 0 Å². The van der Waals surface area contributed by atoms with Gasteiger partial charge < -0.3 is 19.9 Å². The summed E-state index contributed by atoms with van der Waals surface area (Å²) in [7, 11) is 3.13. The molecule has 24 heavy (non-hydrogen) atoms. The van der Waals surface area contributed by atoms with Gasteiger partial charge in [-0.05, 0) is 48.4 Å². The predicted molar refractivity (Wildman–Crippen MR) is 94.6 cm³/mol. The fourth-order valence-electron chi connectivity index (χ4n) is 2.48. The van der Waals surface area contributed by atoms with Gasteiger partial charge in [-0.1, -0.05) is 6.07 Å². The van der Waals surface area contributed by atoms with Crippen LogP contribution in [-0.2, 0) is 6.54 Å². The minimum Gasteiger partial charge on any atom is -0.497 e. The molecule has 0 aliphatic rings. The van der Waals surface area contributed by atoms with Crippen molar-refractivity contribution in [2.24, 2.45) is 0 Å². The lowest BCUT2D eigenvalue weighted by molar-refractivity contribution is 0.169. The molecule has 0 aliphatic carbocycles. The summed E-state index contributed by atoms with van der Waals surface area (Å²) in [6.07, 6.45) is -0.755. The minimum absolute atomic E-state index is 0. The summed E-state index contributed by atoms with van der Waals surface area (Å²) < 4.78 is 23.8. The smallest absolute Gasteiger partial charge is 0.124 e. The molecule has 0 aromatic heterocycles. The highest BCUT2D eigenvalue weighted by molar-refractivity contribution is 5.85. The number of nitrogens with one attached hydrogen (secondary N) is 1. The highest BCUT2D eigenvalue weighted by Gasteiger charge is 2.14. The van der Waals surface area contributed by atoms with Gasteiger partial charge in [0.25, 0.3) is 0 Å². The molecular formula is C18H23ClFNO3. The van der Waals surface area contributed by atoms with Gasteiger partial charge in [0, 0.05) is 18.7 Å². The van der Waals surface area contributed by atoms with Crippen molar-refractivity contribution >= 4 is 12.4 Å². The van der Waals surface area contributed by atoms with E-state index in [9.17, 15) is 9.50 Å². The van der Waals surface area contributed by atoms with Crippen LogP contribution in [0.2, 0.25) is 0 Å². The summed E-state index contributed by atoms with van der Waals surface area (Å²) in [5.41, 5.74) is 2.36. The number of rotatable bonds is 7. The number of aliphatic hydroxyl groups excluding tert-OH is 1. The van der Waals surface area contributed by atoms with Crippen molar-refractivity contribution in [2.45, 2.75) is 19.6 Å². The topological polar surface area (TPSA) is 50.7 Å². The normalized spacial score (nSPS) is 11.5. The fraction of sp³-hybridized carbons (Fsp3) is 0.333. The van der Waals surface area contributed by atoms with Crippen LogP contribution in [0, 0.1) is 12.7 Å². The Kier molecular flexibility index (Phi) is 7.98. The fourth-order valence-corrected chi connectivity index (χ4v) is 2.48. The second-order valence-corrected chi connectivity index (χ2v) is 5.39. The Bertz CT molecular complexity index is 646. The predicted octanol–water partition coefficient (Wildman–Crippen LogP) is 3.40. The molecule has 4 nitrogen and oxygen atoms in total. The molecule has 1 atom stereocenters. The Labute approximate surface area is 148 Å². The maximum absolute atomic E-state index is 13.4. The third-order valence-corrected chi connectivity index (χ3v) is 3.56. The van der Waals surface area contributed by atoms with Gasteiger partial charge in [0.15, 0.2) is 0 Å². The summed E-state index contributed by atoms with van der Waals surface area (Å²) in [5.74, 6) is 0.999. The van der Waals surface area contributed by atoms with Crippen LogP contribution in [0.3, 0.4) is 0 Å². The van der Waals surface area contributed by atoms with Crippen molar-refractivity contribution in [3.05, 3.63) is 58.9 Å². The number of aliphatic hydroxyl groups is 1. The lowest BCUT2D eigenvalue weighted by atomic mass is 10.1. The molecule has 132 valence electrons. The largest absolute Gasteiger partial charge is 0.497 e. The Hall–Kier alpha value is -1.82. The summed E-state index contributed by atoms with van der Waals surface area (Å²) in [4.78, 5) is 0. The monoisotopic (exact) mass is 355 g/mol. The van der Waals surface area contributed by atoms with E-state index >= 15 is 0 Å². The van der Waals surface area contributed by atoms with Crippen LogP contribution in [0.15, 0.2) is 36.4 Å². The first kappa shape index (κ1) is 20.2. The summed E-state index contributed by atoms with van der Waals surface area (Å²) >= 11 is 0. The van der Waals surface area contributed by atoms with Crippen LogP contribution in [0.4, 0.5) is 4.39 Å². The third kappa shape index (κ3) is 5.37. The van der Waals surface area contributed by atoms with Gasteiger partial charge in [0.1, 0.15) is 17.3 Å². The molecule has 0 fully saturated rings. The molecule has 0 saturated carbocycles. The van der Waals surface area contributed by atoms with Crippen molar-refractivity contribution in [3.63, 3.8) is 0 Å². The van der Waals surface area contributed by atoms with Gasteiger partial charge in [0.2, 0.25) is 0 Å². The molecule has 0 unspecified atom stereocenters. The maximum atomic E-state index is 13.4. The summed E-state index contributed by atoms with van der Waals surface area (Å²) in [5, 5.41) is 13.5. The number of methoxy groups -OCH3 is 2. The van der Waals surface area contributed by atoms with Crippen LogP contribution in [0.25, 0.3) is 0 Å². The zero-order valence-corrected chi connectivity index (χ0v) is 14.8. The SMILES string of the molecule is COc1ccc(OC)c([C@H](O)CNCc2cc(C)cc(F)c2)c1.Cl. The van der Waals surface area contributed by atoms with E-state index in [-0.39, 0.29) is 18.2 Å². The molecule has 2 N–H and O–H groups in total. The molecular weight excluding hydrogens is 333 g/mol. The molecule has 0 heterocycles. The Morgan fingerprint density at radius 3 is 2.50 bits per heavy atom. The first-order valence-electron chi connectivity index (χ1n) is 7.40. The number of hydrogen-bond acceptors (Lipinski definition) is 4. The van der Waals surface area contributed by atoms with E-state index in [1.165, 1.54) is 12.1 Å². The molecule has 2 rings (SSSR count). The van der Waals surface area contributed by atoms with Crippen LogP contribution in [-0.4, -0.2) is 25.9 Å². The quantitative estimate of drug-likeness (QED) is 0.799. The Morgan fingerprint density at radius 2 is 1.88 bits per heavy atom. The number of halogens is 2. The van der Waals surface area contributed by atoms with E-state index in [0.29, 0.717) is 30.2 Å². The zero-order valence-electron chi connectivity index (χ0n) is 14.0. The van der Waals surface area contributed by atoms with Crippen LogP contribution >= 0.6 is 12.4 Å². The molecule has 0 bridgehead atoms. The van der Waals surface area contributed by atoms with Gasteiger partial charge in [-0.15, -0.1) is 12.4 Å². The number of hydrogen-bond donors (Lipinski definition) is 2. The van der Waals surface area contributed by atoms with E-state index in [0.717, 1.165) is 11.1 Å². The molecule has 0 radical (unpaired) electrons. The van der Waals surface area contributed by atoms with E-state index in [1.807, 2.05) is 13.0 Å². The van der Waals surface area contributed by atoms with Crippen LogP contribution < -0.4 is 14.8 Å². The average Bonchev–Trinajstić information content (AvgIpc) is 2.53. The number of benzene rings is 2. The van der Waals surface area contributed by atoms with Gasteiger partial charge in [-0.25, -0.2) is 4.39 Å². The third-order valence-electron chi connectivity index (χ3n) is 3.56. The molecule has 2 aromatic rings. The van der Waals surface area contributed by atoms with Crippen LogP contribution in [0.5, 0.6) is 11.5 Å². The van der Waals surface area contributed by atoms with Gasteiger partial charge in [-0.2, -0.15) is 0 Å². The minimum atomic E-state index is -0.755. The van der Waals surface area contributed by atoms with Gasteiger partial charge >= 0.3 is 0 Å². The first-order valence-corrected chi connectivity index (χ1v) is 7.40. The molecule has 0 amide bonds. The van der Waals surface area contributed by atoms with Crippen molar-refractivity contribution in [2.75, 3.05) is 20.8 Å².